The van der Waals surface area contributed by atoms with Crippen LogP contribution in [0.5, 0.6) is 0 Å². The molecule has 0 heterocycles. The summed E-state index contributed by atoms with van der Waals surface area (Å²) >= 11 is 2.33. The van der Waals surface area contributed by atoms with Crippen LogP contribution in [0.25, 0.3) is 0 Å². The molecule has 0 aliphatic heterocycles. The summed E-state index contributed by atoms with van der Waals surface area (Å²) in [4.78, 5) is 0. The van der Waals surface area contributed by atoms with Crippen LogP contribution < -0.4 is 0 Å². The van der Waals surface area contributed by atoms with Crippen molar-refractivity contribution in [2.75, 3.05) is 0 Å². The van der Waals surface area contributed by atoms with Crippen LogP contribution in [0, 0.1) is 5.92 Å². The summed E-state index contributed by atoms with van der Waals surface area (Å²) in [5.41, 5.74) is 0. The molecule has 0 aromatic carbocycles. The van der Waals surface area contributed by atoms with E-state index in [1.165, 1.54) is 64.2 Å². The first kappa shape index (κ1) is 11.8. The molecule has 2 aliphatic rings. The van der Waals surface area contributed by atoms with Gasteiger partial charge in [-0.3, -0.25) is 0 Å². The van der Waals surface area contributed by atoms with Crippen molar-refractivity contribution in [3.8, 4) is 0 Å². The van der Waals surface area contributed by atoms with Gasteiger partial charge in [0.15, 0.2) is 0 Å². The van der Waals surface area contributed by atoms with Crippen LogP contribution >= 0.6 is 11.8 Å². The maximum absolute atomic E-state index is 2.50. The van der Waals surface area contributed by atoms with Crippen LogP contribution in [-0.4, -0.2) is 10.5 Å². The normalized spacial score (nSPS) is 27.8. The lowest BCUT2D eigenvalue weighted by molar-refractivity contribution is 0.355. The maximum atomic E-state index is 2.50. The summed E-state index contributed by atoms with van der Waals surface area (Å²) < 4.78 is 0. The minimum atomic E-state index is 0.938. The topological polar surface area (TPSA) is 0 Å². The van der Waals surface area contributed by atoms with Crippen molar-refractivity contribution in [1.29, 1.82) is 0 Å². The molecule has 88 valence electrons. The fourth-order valence-corrected chi connectivity index (χ4v) is 4.93. The van der Waals surface area contributed by atoms with Gasteiger partial charge in [0.1, 0.15) is 0 Å². The quantitative estimate of drug-likeness (QED) is 0.651. The standard InChI is InChI=1S/C14H26S/c1-12(13-8-4-2-5-9-13)15-14-10-6-3-7-11-14/h12-14H,2-11H2,1H3. The van der Waals surface area contributed by atoms with E-state index in [4.69, 9.17) is 0 Å². The van der Waals surface area contributed by atoms with Crippen molar-refractivity contribution < 1.29 is 0 Å². The zero-order chi connectivity index (χ0) is 10.5. The highest BCUT2D eigenvalue weighted by Crippen LogP contribution is 2.38. The third kappa shape index (κ3) is 3.69. The summed E-state index contributed by atoms with van der Waals surface area (Å²) in [6, 6.07) is 0. The summed E-state index contributed by atoms with van der Waals surface area (Å²) in [5, 5.41) is 1.95. The van der Waals surface area contributed by atoms with Gasteiger partial charge < -0.3 is 0 Å². The molecule has 1 atom stereocenters. The highest BCUT2D eigenvalue weighted by molar-refractivity contribution is 8.00. The Kier molecular flexibility index (Phi) is 4.87. The Hall–Kier alpha value is 0.350. The smallest absolute Gasteiger partial charge is 0.00498 e. The lowest BCUT2D eigenvalue weighted by Gasteiger charge is -2.31. The van der Waals surface area contributed by atoms with Gasteiger partial charge in [-0.25, -0.2) is 0 Å². The Bertz CT molecular complexity index is 166. The molecule has 0 aromatic rings. The Labute approximate surface area is 99.6 Å². The van der Waals surface area contributed by atoms with E-state index in [9.17, 15) is 0 Å². The molecule has 0 aromatic heterocycles. The van der Waals surface area contributed by atoms with Crippen LogP contribution in [0.15, 0.2) is 0 Å². The van der Waals surface area contributed by atoms with Crippen LogP contribution in [0.2, 0.25) is 0 Å². The minimum absolute atomic E-state index is 0.938. The predicted molar refractivity (Wildman–Crippen MR) is 70.5 cm³/mol. The predicted octanol–water partition coefficient (Wildman–Crippen LogP) is 5.02. The number of rotatable bonds is 3. The summed E-state index contributed by atoms with van der Waals surface area (Å²) in [7, 11) is 0. The van der Waals surface area contributed by atoms with Gasteiger partial charge in [0.2, 0.25) is 0 Å². The van der Waals surface area contributed by atoms with E-state index in [-0.39, 0.29) is 0 Å². The molecule has 0 N–H and O–H groups in total. The second-order valence-corrected chi connectivity index (χ2v) is 7.18. The molecule has 1 heteroatoms. The molecule has 15 heavy (non-hydrogen) atoms. The second kappa shape index (κ2) is 6.18. The van der Waals surface area contributed by atoms with Crippen molar-refractivity contribution in [3.63, 3.8) is 0 Å². The summed E-state index contributed by atoms with van der Waals surface area (Å²) in [5.74, 6) is 1.05. The fourth-order valence-electron chi connectivity index (χ4n) is 3.22. The summed E-state index contributed by atoms with van der Waals surface area (Å²) in [6.07, 6.45) is 15.0. The molecule has 0 saturated heterocycles. The first-order valence-corrected chi connectivity index (χ1v) is 7.96. The zero-order valence-electron chi connectivity index (χ0n) is 10.2. The Morgan fingerprint density at radius 3 is 1.93 bits per heavy atom. The fraction of sp³-hybridized carbons (Fsp3) is 1.00. The van der Waals surface area contributed by atoms with Gasteiger partial charge in [-0.1, -0.05) is 45.4 Å². The van der Waals surface area contributed by atoms with Gasteiger partial charge in [0.25, 0.3) is 0 Å². The van der Waals surface area contributed by atoms with Crippen LogP contribution in [0.1, 0.15) is 71.1 Å². The second-order valence-electron chi connectivity index (χ2n) is 5.50. The average molecular weight is 226 g/mol. The van der Waals surface area contributed by atoms with Crippen LogP contribution in [0.3, 0.4) is 0 Å². The third-order valence-corrected chi connectivity index (χ3v) is 5.94. The highest BCUT2D eigenvalue weighted by Gasteiger charge is 2.24. The lowest BCUT2D eigenvalue weighted by Crippen LogP contribution is -2.21. The van der Waals surface area contributed by atoms with Gasteiger partial charge in [-0.15, -0.1) is 0 Å². The third-order valence-electron chi connectivity index (χ3n) is 4.27. The molecule has 0 bridgehead atoms. The van der Waals surface area contributed by atoms with Gasteiger partial charge in [-0.2, -0.15) is 11.8 Å². The zero-order valence-corrected chi connectivity index (χ0v) is 11.0. The minimum Gasteiger partial charge on any atom is -0.155 e. The molecule has 0 nitrogen and oxygen atoms in total. The van der Waals surface area contributed by atoms with E-state index >= 15 is 0 Å². The van der Waals surface area contributed by atoms with Gasteiger partial charge in [0.05, 0.1) is 0 Å². The van der Waals surface area contributed by atoms with Crippen molar-refractivity contribution in [3.05, 3.63) is 0 Å². The van der Waals surface area contributed by atoms with Crippen molar-refractivity contribution in [2.45, 2.75) is 81.6 Å². The molecule has 1 unspecified atom stereocenters. The molecular weight excluding hydrogens is 200 g/mol. The maximum Gasteiger partial charge on any atom is 0.00498 e. The molecule has 2 aliphatic carbocycles. The van der Waals surface area contributed by atoms with Gasteiger partial charge >= 0.3 is 0 Å². The lowest BCUT2D eigenvalue weighted by atomic mass is 9.87. The van der Waals surface area contributed by atoms with E-state index in [1.54, 1.807) is 0 Å². The molecule has 2 rings (SSSR count). The van der Waals surface area contributed by atoms with Crippen LogP contribution in [-0.2, 0) is 0 Å². The summed E-state index contributed by atoms with van der Waals surface area (Å²) in [6.45, 7) is 2.50. The first-order chi connectivity index (χ1) is 7.36. The molecule has 2 fully saturated rings. The molecular formula is C14H26S. The molecule has 0 amide bonds. The number of hydrogen-bond donors (Lipinski definition) is 0. The van der Waals surface area contributed by atoms with Crippen molar-refractivity contribution in [1.82, 2.24) is 0 Å². The highest BCUT2D eigenvalue weighted by atomic mass is 32.2. The SMILES string of the molecule is CC(SC1CCCCC1)C1CCCCC1. The number of thioether (sulfide) groups is 1. The Balaban J connectivity index is 1.72. The molecule has 0 spiro atoms. The van der Waals surface area contributed by atoms with E-state index < -0.39 is 0 Å². The van der Waals surface area contributed by atoms with Crippen LogP contribution in [0.4, 0.5) is 0 Å². The van der Waals surface area contributed by atoms with E-state index in [0.717, 1.165) is 16.4 Å². The Morgan fingerprint density at radius 1 is 0.800 bits per heavy atom. The van der Waals surface area contributed by atoms with E-state index in [2.05, 4.69) is 18.7 Å². The van der Waals surface area contributed by atoms with E-state index in [0.29, 0.717) is 0 Å². The van der Waals surface area contributed by atoms with Crippen molar-refractivity contribution in [2.24, 2.45) is 5.92 Å². The van der Waals surface area contributed by atoms with Gasteiger partial charge in [-0.05, 0) is 31.6 Å². The number of hydrogen-bond acceptors (Lipinski definition) is 1. The Morgan fingerprint density at radius 2 is 1.33 bits per heavy atom. The molecule has 0 radical (unpaired) electrons. The monoisotopic (exact) mass is 226 g/mol. The van der Waals surface area contributed by atoms with Gasteiger partial charge in [0, 0.05) is 10.5 Å². The first-order valence-electron chi connectivity index (χ1n) is 7.02. The largest absolute Gasteiger partial charge is 0.155 e. The molecule has 2 saturated carbocycles. The average Bonchev–Trinajstić information content (AvgIpc) is 2.31. The van der Waals surface area contributed by atoms with Crippen molar-refractivity contribution >= 4 is 11.8 Å². The van der Waals surface area contributed by atoms with E-state index in [1.807, 2.05) is 0 Å².